The second kappa shape index (κ2) is 8.47. The monoisotopic (exact) mass is 382 g/mol. The Hall–Kier alpha value is -3.48. The number of hydrogen-bond donors (Lipinski definition) is 2. The highest BCUT2D eigenvalue weighted by Gasteiger charge is 2.17. The Bertz CT molecular complexity index is 1060. The maximum absolute atomic E-state index is 12.6. The summed E-state index contributed by atoms with van der Waals surface area (Å²) in [5, 5.41) is 6.57. The van der Waals surface area contributed by atoms with Gasteiger partial charge in [0.25, 0.3) is 0 Å². The fourth-order valence-corrected chi connectivity index (χ4v) is 2.98. The van der Waals surface area contributed by atoms with Crippen molar-refractivity contribution in [1.82, 2.24) is 0 Å². The zero-order valence-corrected chi connectivity index (χ0v) is 16.0. The number of ether oxygens (including phenoxy) is 2. The van der Waals surface area contributed by atoms with E-state index in [9.17, 15) is 9.59 Å². The average molecular weight is 382 g/mol. The van der Waals surface area contributed by atoms with Crippen LogP contribution in [0.25, 0.3) is 11.0 Å². The number of carbonyl (C=O) groups excluding carboxylic acids is 1. The average Bonchev–Trinajstić information content (AvgIpc) is 2.70. The van der Waals surface area contributed by atoms with Gasteiger partial charge in [0, 0.05) is 11.9 Å². The summed E-state index contributed by atoms with van der Waals surface area (Å²) in [6.45, 7) is 2.50. The molecule has 2 N–H and O–H groups in total. The number of rotatable bonds is 7. The lowest BCUT2D eigenvalue weighted by molar-refractivity contribution is -0.115. The summed E-state index contributed by atoms with van der Waals surface area (Å²) < 4.78 is 15.8. The molecule has 0 fully saturated rings. The summed E-state index contributed by atoms with van der Waals surface area (Å²) in [5.41, 5.74) is 1.24. The zero-order valence-electron chi connectivity index (χ0n) is 16.0. The number of methoxy groups -OCH3 is 2. The van der Waals surface area contributed by atoms with Crippen LogP contribution >= 0.6 is 0 Å². The first-order valence-electron chi connectivity index (χ1n) is 8.87. The molecule has 7 nitrogen and oxygen atoms in total. The Morgan fingerprint density at radius 3 is 2.50 bits per heavy atom. The molecule has 146 valence electrons. The summed E-state index contributed by atoms with van der Waals surface area (Å²) in [7, 11) is 3.08. The van der Waals surface area contributed by atoms with Crippen LogP contribution in [0.1, 0.15) is 12.5 Å². The highest BCUT2D eigenvalue weighted by atomic mass is 16.5. The van der Waals surface area contributed by atoms with E-state index in [0.29, 0.717) is 29.3 Å². The molecule has 0 unspecified atom stereocenters. The Morgan fingerprint density at radius 2 is 1.79 bits per heavy atom. The fourth-order valence-electron chi connectivity index (χ4n) is 2.98. The van der Waals surface area contributed by atoms with Gasteiger partial charge in [0.05, 0.1) is 26.3 Å². The van der Waals surface area contributed by atoms with E-state index < -0.39 is 5.63 Å². The number of para-hydroxylation sites is 1. The van der Waals surface area contributed by atoms with E-state index in [-0.39, 0.29) is 18.0 Å². The predicted octanol–water partition coefficient (Wildman–Crippen LogP) is 3.42. The molecule has 1 amide bonds. The van der Waals surface area contributed by atoms with Gasteiger partial charge in [-0.3, -0.25) is 4.79 Å². The number of amides is 1. The van der Waals surface area contributed by atoms with Crippen LogP contribution in [0.4, 0.5) is 11.4 Å². The van der Waals surface area contributed by atoms with Crippen molar-refractivity contribution >= 4 is 28.3 Å². The lowest BCUT2D eigenvalue weighted by Gasteiger charge is -2.14. The van der Waals surface area contributed by atoms with Crippen molar-refractivity contribution in [3.05, 3.63) is 58.4 Å². The van der Waals surface area contributed by atoms with Crippen LogP contribution in [0.5, 0.6) is 11.5 Å². The largest absolute Gasteiger partial charge is 0.493 e. The van der Waals surface area contributed by atoms with Gasteiger partial charge >= 0.3 is 5.63 Å². The molecule has 28 heavy (non-hydrogen) atoms. The molecule has 3 aromatic rings. The van der Waals surface area contributed by atoms with Crippen molar-refractivity contribution in [1.29, 1.82) is 0 Å². The van der Waals surface area contributed by atoms with Crippen molar-refractivity contribution in [2.24, 2.45) is 0 Å². The molecule has 1 heterocycles. The minimum Gasteiger partial charge on any atom is -0.493 e. The summed E-state index contributed by atoms with van der Waals surface area (Å²) in [6, 6.07) is 12.4. The lowest BCUT2D eigenvalue weighted by Crippen LogP contribution is -2.21. The van der Waals surface area contributed by atoms with Crippen molar-refractivity contribution in [3.63, 3.8) is 0 Å². The Labute approximate surface area is 162 Å². The third-order valence-corrected chi connectivity index (χ3v) is 4.24. The van der Waals surface area contributed by atoms with E-state index in [4.69, 9.17) is 13.9 Å². The maximum atomic E-state index is 12.6. The van der Waals surface area contributed by atoms with Crippen LogP contribution in [-0.4, -0.2) is 26.7 Å². The molecule has 7 heteroatoms. The topological polar surface area (TPSA) is 89.8 Å². The molecular formula is C21H22N2O5. The highest BCUT2D eigenvalue weighted by molar-refractivity contribution is 6.02. The quantitative estimate of drug-likeness (QED) is 0.609. The lowest BCUT2D eigenvalue weighted by atomic mass is 10.1. The number of fused-ring (bicyclic) bond motifs is 1. The van der Waals surface area contributed by atoms with E-state index in [1.807, 2.05) is 19.1 Å². The number of anilines is 2. The van der Waals surface area contributed by atoms with E-state index in [2.05, 4.69) is 10.6 Å². The van der Waals surface area contributed by atoms with Crippen LogP contribution in [0.15, 0.2) is 51.7 Å². The van der Waals surface area contributed by atoms with Crippen molar-refractivity contribution in [3.8, 4) is 11.5 Å². The van der Waals surface area contributed by atoms with Gasteiger partial charge in [0.1, 0.15) is 5.58 Å². The molecule has 3 rings (SSSR count). The standard InChI is InChI=1S/C21H22N2O5/c1-4-22-19-14-7-5-6-8-15(14)28-21(25)20(19)23-18(24)12-13-9-10-16(26-2)17(11-13)27-3/h5-11,22H,4,12H2,1-3H3,(H,23,24). The minimum atomic E-state index is -0.602. The van der Waals surface area contributed by atoms with Gasteiger partial charge < -0.3 is 24.5 Å². The molecule has 0 atom stereocenters. The van der Waals surface area contributed by atoms with E-state index in [1.165, 1.54) is 7.11 Å². The van der Waals surface area contributed by atoms with Crippen LogP contribution in [0, 0.1) is 0 Å². The second-order valence-electron chi connectivity index (χ2n) is 6.08. The van der Waals surface area contributed by atoms with Gasteiger partial charge in [-0.25, -0.2) is 4.79 Å². The van der Waals surface area contributed by atoms with E-state index in [0.717, 1.165) is 10.9 Å². The first kappa shape index (κ1) is 19.3. The highest BCUT2D eigenvalue weighted by Crippen LogP contribution is 2.30. The second-order valence-corrected chi connectivity index (χ2v) is 6.08. The summed E-state index contributed by atoms with van der Waals surface area (Å²) >= 11 is 0. The molecule has 0 aliphatic carbocycles. The minimum absolute atomic E-state index is 0.0676. The van der Waals surface area contributed by atoms with Crippen LogP contribution in [-0.2, 0) is 11.2 Å². The van der Waals surface area contributed by atoms with Gasteiger partial charge in [-0.15, -0.1) is 0 Å². The van der Waals surface area contributed by atoms with Gasteiger partial charge in [0.15, 0.2) is 17.2 Å². The van der Waals surface area contributed by atoms with Crippen LogP contribution in [0.3, 0.4) is 0 Å². The van der Waals surface area contributed by atoms with E-state index >= 15 is 0 Å². The molecule has 0 aliphatic rings. The summed E-state index contributed by atoms with van der Waals surface area (Å²) in [6.07, 6.45) is 0.0676. The van der Waals surface area contributed by atoms with Crippen molar-refractivity contribution < 1.29 is 18.7 Å². The summed E-state index contributed by atoms with van der Waals surface area (Å²) in [4.78, 5) is 25.0. The molecule has 1 aromatic heterocycles. The van der Waals surface area contributed by atoms with Crippen molar-refractivity contribution in [2.75, 3.05) is 31.4 Å². The SMILES string of the molecule is CCNc1c(NC(=O)Cc2ccc(OC)c(OC)c2)c(=O)oc2ccccc12. The molecule has 2 aromatic carbocycles. The Morgan fingerprint density at radius 1 is 1.04 bits per heavy atom. The third-order valence-electron chi connectivity index (χ3n) is 4.24. The smallest absolute Gasteiger partial charge is 0.362 e. The Balaban J connectivity index is 1.90. The fraction of sp³-hybridized carbons (Fsp3) is 0.238. The molecule has 0 spiro atoms. The number of nitrogens with one attached hydrogen (secondary N) is 2. The predicted molar refractivity (Wildman–Crippen MR) is 109 cm³/mol. The molecule has 0 bridgehead atoms. The normalized spacial score (nSPS) is 10.5. The summed E-state index contributed by atoms with van der Waals surface area (Å²) in [5.74, 6) is 0.775. The number of hydrogen-bond acceptors (Lipinski definition) is 6. The van der Waals surface area contributed by atoms with Crippen LogP contribution in [0.2, 0.25) is 0 Å². The number of carbonyl (C=O) groups is 1. The van der Waals surface area contributed by atoms with Gasteiger partial charge in [-0.2, -0.15) is 0 Å². The molecule has 0 saturated carbocycles. The molecule has 0 aliphatic heterocycles. The first-order chi connectivity index (χ1) is 13.6. The molecule has 0 radical (unpaired) electrons. The zero-order chi connectivity index (χ0) is 20.1. The molecule has 0 saturated heterocycles. The van der Waals surface area contributed by atoms with Crippen molar-refractivity contribution in [2.45, 2.75) is 13.3 Å². The van der Waals surface area contributed by atoms with E-state index in [1.54, 1.807) is 37.4 Å². The van der Waals surface area contributed by atoms with Crippen LogP contribution < -0.4 is 25.7 Å². The third kappa shape index (κ3) is 3.93. The van der Waals surface area contributed by atoms with Gasteiger partial charge in [-0.1, -0.05) is 18.2 Å². The maximum Gasteiger partial charge on any atom is 0.362 e. The van der Waals surface area contributed by atoms with Gasteiger partial charge in [-0.05, 0) is 36.8 Å². The number of benzene rings is 2. The molecular weight excluding hydrogens is 360 g/mol. The Kier molecular flexibility index (Phi) is 5.84. The first-order valence-corrected chi connectivity index (χ1v) is 8.87. The van der Waals surface area contributed by atoms with Gasteiger partial charge in [0.2, 0.25) is 5.91 Å².